The van der Waals surface area contributed by atoms with E-state index in [2.05, 4.69) is 31.2 Å². The Morgan fingerprint density at radius 2 is 2.00 bits per heavy atom. The number of amides is 2. The van der Waals surface area contributed by atoms with E-state index in [0.717, 1.165) is 17.3 Å². The van der Waals surface area contributed by atoms with Gasteiger partial charge in [0.15, 0.2) is 0 Å². The monoisotopic (exact) mass is 394 g/mol. The van der Waals surface area contributed by atoms with Gasteiger partial charge in [-0.2, -0.15) is 0 Å². The van der Waals surface area contributed by atoms with Crippen molar-refractivity contribution in [2.24, 2.45) is 0 Å². The number of rotatable bonds is 3. The smallest absolute Gasteiger partial charge is 0.321 e. The Kier molecular flexibility index (Phi) is 5.24. The average molecular weight is 395 g/mol. The number of halogens is 2. The largest absolute Gasteiger partial charge is 0.458 e. The predicted octanol–water partition coefficient (Wildman–Crippen LogP) is 3.45. The summed E-state index contributed by atoms with van der Waals surface area (Å²) < 4.78 is 19.4. The number of hydrogen-bond donors (Lipinski definition) is 1. The quantitative estimate of drug-likeness (QED) is 0.865. The second kappa shape index (κ2) is 7.57. The first-order valence-electron chi connectivity index (χ1n) is 7.56. The highest BCUT2D eigenvalue weighted by atomic mass is 79.9. The van der Waals surface area contributed by atoms with Gasteiger partial charge >= 0.3 is 12.0 Å². The van der Waals surface area contributed by atoms with Crippen LogP contribution < -0.4 is 10.1 Å². The van der Waals surface area contributed by atoms with Gasteiger partial charge in [0.2, 0.25) is 0 Å². The highest BCUT2D eigenvalue weighted by Gasteiger charge is 2.25. The average Bonchev–Trinajstić information content (AvgIpc) is 2.59. The van der Waals surface area contributed by atoms with Crippen LogP contribution in [0.4, 0.5) is 14.9 Å². The number of carbonyl (C=O) groups is 1. The van der Waals surface area contributed by atoms with Crippen LogP contribution in [-0.4, -0.2) is 40.1 Å². The van der Waals surface area contributed by atoms with Crippen molar-refractivity contribution in [1.29, 1.82) is 0 Å². The van der Waals surface area contributed by atoms with Gasteiger partial charge in [0.25, 0.3) is 0 Å². The summed E-state index contributed by atoms with van der Waals surface area (Å²) in [7, 11) is 0. The van der Waals surface area contributed by atoms with Crippen molar-refractivity contribution in [3.05, 3.63) is 46.9 Å². The van der Waals surface area contributed by atoms with Crippen LogP contribution in [0.15, 0.2) is 41.1 Å². The minimum absolute atomic E-state index is 0.154. The first kappa shape index (κ1) is 16.6. The van der Waals surface area contributed by atoms with Crippen LogP contribution in [0.5, 0.6) is 6.01 Å². The molecule has 0 radical (unpaired) electrons. The lowest BCUT2D eigenvalue weighted by Crippen LogP contribution is -2.46. The van der Waals surface area contributed by atoms with Crippen molar-refractivity contribution in [2.75, 3.05) is 18.4 Å². The molecule has 0 bridgehead atoms. The molecule has 1 saturated heterocycles. The Balaban J connectivity index is 1.57. The van der Waals surface area contributed by atoms with Crippen molar-refractivity contribution in [3.63, 3.8) is 0 Å². The van der Waals surface area contributed by atoms with Crippen molar-refractivity contribution < 1.29 is 13.9 Å². The number of urea groups is 1. The number of hydrogen-bond acceptors (Lipinski definition) is 4. The van der Waals surface area contributed by atoms with Gasteiger partial charge in [-0.3, -0.25) is 0 Å². The lowest BCUT2D eigenvalue weighted by atomic mass is 10.1. The zero-order chi connectivity index (χ0) is 16.9. The Hall–Kier alpha value is -2.22. The molecular formula is C16H16BrFN4O2. The molecule has 24 heavy (non-hydrogen) atoms. The summed E-state index contributed by atoms with van der Waals surface area (Å²) in [4.78, 5) is 22.2. The molecule has 0 spiro atoms. The van der Waals surface area contributed by atoms with E-state index < -0.39 is 0 Å². The van der Waals surface area contributed by atoms with Crippen LogP contribution in [0.25, 0.3) is 0 Å². The third-order valence-corrected chi connectivity index (χ3v) is 4.04. The zero-order valence-corrected chi connectivity index (χ0v) is 14.4. The fourth-order valence-electron chi connectivity index (χ4n) is 2.46. The normalized spacial score (nSPS) is 17.4. The highest BCUT2D eigenvalue weighted by Crippen LogP contribution is 2.18. The van der Waals surface area contributed by atoms with Gasteiger partial charge in [0.05, 0.1) is 11.0 Å². The van der Waals surface area contributed by atoms with Gasteiger partial charge < -0.3 is 15.0 Å². The number of aromatic nitrogens is 2. The van der Waals surface area contributed by atoms with E-state index in [1.54, 1.807) is 17.3 Å². The van der Waals surface area contributed by atoms with E-state index in [9.17, 15) is 9.18 Å². The molecule has 1 fully saturated rings. The molecule has 8 heteroatoms. The number of nitrogens with one attached hydrogen (secondary N) is 1. The van der Waals surface area contributed by atoms with E-state index in [4.69, 9.17) is 4.74 Å². The molecule has 1 aliphatic rings. The fraction of sp³-hybridized carbons (Fsp3) is 0.312. The second-order valence-electron chi connectivity index (χ2n) is 5.45. The topological polar surface area (TPSA) is 67.4 Å². The number of carbonyl (C=O) groups excluding carboxylic acids is 1. The molecule has 2 heterocycles. The Morgan fingerprint density at radius 3 is 2.71 bits per heavy atom. The molecule has 3 rings (SSSR count). The molecule has 1 atom stereocenters. The Morgan fingerprint density at radius 1 is 1.29 bits per heavy atom. The van der Waals surface area contributed by atoms with Crippen LogP contribution in [0.1, 0.15) is 12.8 Å². The molecular weight excluding hydrogens is 379 g/mol. The highest BCUT2D eigenvalue weighted by molar-refractivity contribution is 9.10. The van der Waals surface area contributed by atoms with E-state index in [0.29, 0.717) is 24.8 Å². The maximum Gasteiger partial charge on any atom is 0.321 e. The summed E-state index contributed by atoms with van der Waals surface area (Å²) in [5.41, 5.74) is 0.556. The third-order valence-electron chi connectivity index (χ3n) is 3.63. The molecule has 1 unspecified atom stereocenters. The van der Waals surface area contributed by atoms with Crippen LogP contribution >= 0.6 is 15.9 Å². The minimum Gasteiger partial charge on any atom is -0.458 e. The number of piperidine rings is 1. The minimum atomic E-state index is -0.339. The van der Waals surface area contributed by atoms with Gasteiger partial charge in [-0.05, 0) is 53.0 Å². The second-order valence-corrected chi connectivity index (χ2v) is 6.36. The maximum atomic E-state index is 12.9. The summed E-state index contributed by atoms with van der Waals surface area (Å²) in [6.45, 7) is 1.10. The molecule has 0 saturated carbocycles. The lowest BCUT2D eigenvalue weighted by Gasteiger charge is -2.32. The molecule has 1 aliphatic heterocycles. The molecule has 2 aromatic rings. The van der Waals surface area contributed by atoms with Gasteiger partial charge in [0, 0.05) is 24.6 Å². The molecule has 1 aromatic carbocycles. The number of nitrogens with zero attached hydrogens (tertiary/aromatic N) is 3. The SMILES string of the molecule is O=C(Nc1ccc(F)cc1)N1CCCC(Oc2ncc(Br)cn2)C1. The van der Waals surface area contributed by atoms with E-state index in [-0.39, 0.29) is 18.0 Å². The Bertz CT molecular complexity index is 696. The lowest BCUT2D eigenvalue weighted by molar-refractivity contribution is 0.0982. The number of benzene rings is 1. The van der Waals surface area contributed by atoms with Crippen LogP contribution in [-0.2, 0) is 0 Å². The molecule has 2 amide bonds. The predicted molar refractivity (Wildman–Crippen MR) is 90.4 cm³/mol. The van der Waals surface area contributed by atoms with Crippen molar-refractivity contribution in [3.8, 4) is 6.01 Å². The fourth-order valence-corrected chi connectivity index (χ4v) is 2.67. The first-order chi connectivity index (χ1) is 11.6. The van der Waals surface area contributed by atoms with Gasteiger partial charge in [0.1, 0.15) is 11.9 Å². The van der Waals surface area contributed by atoms with Crippen molar-refractivity contribution >= 4 is 27.6 Å². The molecule has 0 aliphatic carbocycles. The van der Waals surface area contributed by atoms with E-state index in [1.807, 2.05) is 0 Å². The molecule has 1 N–H and O–H groups in total. The van der Waals surface area contributed by atoms with Crippen LogP contribution in [0, 0.1) is 5.82 Å². The van der Waals surface area contributed by atoms with Gasteiger partial charge in [-0.15, -0.1) is 0 Å². The van der Waals surface area contributed by atoms with E-state index >= 15 is 0 Å². The summed E-state index contributed by atoms with van der Waals surface area (Å²) in [5, 5.41) is 2.76. The van der Waals surface area contributed by atoms with Gasteiger partial charge in [-0.25, -0.2) is 19.2 Å². The number of ether oxygens (including phenoxy) is 1. The van der Waals surface area contributed by atoms with Gasteiger partial charge in [-0.1, -0.05) is 0 Å². The summed E-state index contributed by atoms with van der Waals surface area (Å²) in [6.07, 6.45) is 4.74. The molecule has 126 valence electrons. The molecule has 1 aromatic heterocycles. The summed E-state index contributed by atoms with van der Waals surface area (Å²) >= 11 is 3.27. The summed E-state index contributed by atoms with van der Waals surface area (Å²) in [5.74, 6) is -0.339. The molecule has 6 nitrogen and oxygen atoms in total. The van der Waals surface area contributed by atoms with E-state index in [1.165, 1.54) is 24.3 Å². The van der Waals surface area contributed by atoms with Crippen molar-refractivity contribution in [1.82, 2.24) is 14.9 Å². The Labute approximate surface area is 147 Å². The zero-order valence-electron chi connectivity index (χ0n) is 12.8. The maximum absolute atomic E-state index is 12.9. The third kappa shape index (κ3) is 4.41. The summed E-state index contributed by atoms with van der Waals surface area (Å²) in [6, 6.07) is 5.74. The first-order valence-corrected chi connectivity index (χ1v) is 8.35. The van der Waals surface area contributed by atoms with Crippen molar-refractivity contribution in [2.45, 2.75) is 18.9 Å². The number of anilines is 1. The van der Waals surface area contributed by atoms with Crippen LogP contribution in [0.2, 0.25) is 0 Å². The number of likely N-dealkylation sites (tertiary alicyclic amines) is 1. The van der Waals surface area contributed by atoms with Crippen LogP contribution in [0.3, 0.4) is 0 Å². The standard InChI is InChI=1S/C16H16BrFN4O2/c17-11-8-19-15(20-9-11)24-14-2-1-7-22(10-14)16(23)21-13-5-3-12(18)4-6-13/h3-6,8-9,14H,1-2,7,10H2,(H,21,23).